The van der Waals surface area contributed by atoms with Crippen LogP contribution in [0.2, 0.25) is 5.02 Å². The van der Waals surface area contributed by atoms with Gasteiger partial charge >= 0.3 is 0 Å². The lowest BCUT2D eigenvalue weighted by Gasteiger charge is -2.19. The Morgan fingerprint density at radius 3 is 2.57 bits per heavy atom. The maximum atomic E-state index is 13.5. The maximum Gasteiger partial charge on any atom is 0.128 e. The van der Waals surface area contributed by atoms with Crippen LogP contribution in [0.3, 0.4) is 0 Å². The Morgan fingerprint density at radius 2 is 2.07 bits per heavy atom. The highest BCUT2D eigenvalue weighted by molar-refractivity contribution is 6.30. The minimum atomic E-state index is -0.245. The zero-order valence-corrected chi connectivity index (χ0v) is 9.18. The van der Waals surface area contributed by atoms with Gasteiger partial charge in [0.2, 0.25) is 0 Å². The summed E-state index contributed by atoms with van der Waals surface area (Å²) < 4.78 is 13.5. The molecule has 0 spiro atoms. The van der Waals surface area contributed by atoms with Crippen molar-refractivity contribution in [3.8, 4) is 0 Å². The van der Waals surface area contributed by atoms with Crippen molar-refractivity contribution in [2.24, 2.45) is 11.7 Å². The van der Waals surface area contributed by atoms with Gasteiger partial charge in [0, 0.05) is 5.02 Å². The fourth-order valence-corrected chi connectivity index (χ4v) is 1.54. The van der Waals surface area contributed by atoms with E-state index in [4.69, 9.17) is 17.3 Å². The average Bonchev–Trinajstić information content (AvgIpc) is 2.15. The Morgan fingerprint density at radius 1 is 1.43 bits per heavy atom. The van der Waals surface area contributed by atoms with E-state index in [0.717, 1.165) is 0 Å². The third-order valence-corrected chi connectivity index (χ3v) is 2.91. The van der Waals surface area contributed by atoms with Gasteiger partial charge in [0.15, 0.2) is 0 Å². The molecular weight excluding hydrogens is 201 g/mol. The minimum absolute atomic E-state index is 0.122. The number of hydrogen-bond donors (Lipinski definition) is 1. The third-order valence-electron chi connectivity index (χ3n) is 2.68. The van der Waals surface area contributed by atoms with E-state index < -0.39 is 0 Å². The first kappa shape index (κ1) is 11.5. The molecule has 0 aromatic heterocycles. The fourth-order valence-electron chi connectivity index (χ4n) is 1.38. The first-order chi connectivity index (χ1) is 6.56. The highest BCUT2D eigenvalue weighted by Gasteiger charge is 2.16. The van der Waals surface area contributed by atoms with E-state index in [1.807, 2.05) is 13.8 Å². The lowest BCUT2D eigenvalue weighted by Crippen LogP contribution is -2.17. The first-order valence-electron chi connectivity index (χ1n) is 4.71. The quantitative estimate of drug-likeness (QED) is 0.824. The van der Waals surface area contributed by atoms with Gasteiger partial charge in [-0.25, -0.2) is 4.39 Å². The number of rotatable bonds is 3. The van der Waals surface area contributed by atoms with Crippen molar-refractivity contribution in [3.05, 3.63) is 34.6 Å². The summed E-state index contributed by atoms with van der Waals surface area (Å²) in [5.74, 6) is 0.147. The van der Waals surface area contributed by atoms with Crippen molar-refractivity contribution >= 4 is 11.6 Å². The van der Waals surface area contributed by atoms with Crippen LogP contribution in [-0.4, -0.2) is 6.54 Å². The molecule has 14 heavy (non-hydrogen) atoms. The molecule has 0 aliphatic carbocycles. The molecule has 0 saturated carbocycles. The standard InChI is InChI=1S/C11H15ClFN/c1-7(6-14)8(2)10-4-3-9(12)5-11(10)13/h3-5,7-8H,6,14H2,1-2H3. The summed E-state index contributed by atoms with van der Waals surface area (Å²) in [5.41, 5.74) is 6.23. The van der Waals surface area contributed by atoms with Gasteiger partial charge in [-0.05, 0) is 36.1 Å². The van der Waals surface area contributed by atoms with E-state index in [9.17, 15) is 4.39 Å². The van der Waals surface area contributed by atoms with Gasteiger partial charge in [0.25, 0.3) is 0 Å². The molecule has 0 bridgehead atoms. The summed E-state index contributed by atoms with van der Waals surface area (Å²) in [7, 11) is 0. The molecule has 0 saturated heterocycles. The van der Waals surface area contributed by atoms with E-state index in [0.29, 0.717) is 17.1 Å². The minimum Gasteiger partial charge on any atom is -0.330 e. The monoisotopic (exact) mass is 215 g/mol. The average molecular weight is 216 g/mol. The van der Waals surface area contributed by atoms with Gasteiger partial charge in [0.05, 0.1) is 0 Å². The first-order valence-corrected chi connectivity index (χ1v) is 5.09. The van der Waals surface area contributed by atoms with Crippen molar-refractivity contribution in [2.75, 3.05) is 6.54 Å². The largest absolute Gasteiger partial charge is 0.330 e. The zero-order chi connectivity index (χ0) is 10.7. The highest BCUT2D eigenvalue weighted by atomic mass is 35.5. The van der Waals surface area contributed by atoms with Crippen LogP contribution in [0.15, 0.2) is 18.2 Å². The molecule has 2 N–H and O–H groups in total. The Labute approximate surface area is 89.1 Å². The normalized spacial score (nSPS) is 15.2. The van der Waals surface area contributed by atoms with Gasteiger partial charge in [-0.2, -0.15) is 0 Å². The fraction of sp³-hybridized carbons (Fsp3) is 0.455. The third kappa shape index (κ3) is 2.46. The van der Waals surface area contributed by atoms with Crippen LogP contribution >= 0.6 is 11.6 Å². The number of hydrogen-bond acceptors (Lipinski definition) is 1. The summed E-state index contributed by atoms with van der Waals surface area (Å²) >= 11 is 5.67. The van der Waals surface area contributed by atoms with Gasteiger partial charge < -0.3 is 5.73 Å². The van der Waals surface area contributed by atoms with Gasteiger partial charge in [-0.3, -0.25) is 0 Å². The molecule has 0 aliphatic heterocycles. The summed E-state index contributed by atoms with van der Waals surface area (Å²) in [6.07, 6.45) is 0. The van der Waals surface area contributed by atoms with Crippen molar-refractivity contribution in [3.63, 3.8) is 0 Å². The van der Waals surface area contributed by atoms with Crippen LogP contribution < -0.4 is 5.73 Å². The molecule has 0 heterocycles. The molecule has 1 aromatic carbocycles. The van der Waals surface area contributed by atoms with Crippen molar-refractivity contribution < 1.29 is 4.39 Å². The van der Waals surface area contributed by atoms with E-state index >= 15 is 0 Å². The van der Waals surface area contributed by atoms with Gasteiger partial charge in [-0.15, -0.1) is 0 Å². The van der Waals surface area contributed by atoms with Crippen LogP contribution in [0.5, 0.6) is 0 Å². The second kappa shape index (κ2) is 4.76. The molecule has 1 rings (SSSR count). The topological polar surface area (TPSA) is 26.0 Å². The van der Waals surface area contributed by atoms with E-state index in [-0.39, 0.29) is 17.7 Å². The van der Waals surface area contributed by atoms with Crippen molar-refractivity contribution in [1.82, 2.24) is 0 Å². The van der Waals surface area contributed by atoms with Crippen molar-refractivity contribution in [1.29, 1.82) is 0 Å². The molecule has 1 aromatic rings. The van der Waals surface area contributed by atoms with E-state index in [1.54, 1.807) is 12.1 Å². The zero-order valence-electron chi connectivity index (χ0n) is 8.43. The van der Waals surface area contributed by atoms with Crippen LogP contribution in [0.25, 0.3) is 0 Å². The molecule has 78 valence electrons. The van der Waals surface area contributed by atoms with Crippen LogP contribution in [0.1, 0.15) is 25.3 Å². The molecule has 2 atom stereocenters. The van der Waals surface area contributed by atoms with Crippen LogP contribution in [-0.2, 0) is 0 Å². The Hall–Kier alpha value is -0.600. The Bertz CT molecular complexity index is 314. The Kier molecular flexibility index (Phi) is 3.90. The van der Waals surface area contributed by atoms with Crippen LogP contribution in [0, 0.1) is 11.7 Å². The van der Waals surface area contributed by atoms with Gasteiger partial charge in [0.1, 0.15) is 5.82 Å². The predicted octanol–water partition coefficient (Wildman–Crippen LogP) is 3.18. The summed E-state index contributed by atoms with van der Waals surface area (Å²) in [6.45, 7) is 4.55. The van der Waals surface area contributed by atoms with Gasteiger partial charge in [-0.1, -0.05) is 31.5 Å². The lowest BCUT2D eigenvalue weighted by atomic mass is 9.89. The molecule has 0 fully saturated rings. The Balaban J connectivity index is 2.95. The summed E-state index contributed by atoms with van der Waals surface area (Å²) in [6, 6.07) is 4.78. The molecule has 0 amide bonds. The molecule has 1 nitrogen and oxygen atoms in total. The maximum absolute atomic E-state index is 13.5. The molecule has 0 aliphatic rings. The second-order valence-corrected chi connectivity index (χ2v) is 4.10. The second-order valence-electron chi connectivity index (χ2n) is 3.67. The van der Waals surface area contributed by atoms with E-state index in [2.05, 4.69) is 0 Å². The number of benzene rings is 1. The summed E-state index contributed by atoms with van der Waals surface area (Å²) in [4.78, 5) is 0. The lowest BCUT2D eigenvalue weighted by molar-refractivity contribution is 0.475. The van der Waals surface area contributed by atoms with Crippen LogP contribution in [0.4, 0.5) is 4.39 Å². The molecule has 2 unspecified atom stereocenters. The number of halogens is 2. The SMILES string of the molecule is CC(CN)C(C)c1ccc(Cl)cc1F. The molecule has 0 radical (unpaired) electrons. The van der Waals surface area contributed by atoms with Crippen molar-refractivity contribution in [2.45, 2.75) is 19.8 Å². The highest BCUT2D eigenvalue weighted by Crippen LogP contribution is 2.27. The molecule has 3 heteroatoms. The summed E-state index contributed by atoms with van der Waals surface area (Å²) in [5, 5.41) is 0.429. The smallest absolute Gasteiger partial charge is 0.128 e. The van der Waals surface area contributed by atoms with E-state index in [1.165, 1.54) is 6.07 Å². The predicted molar refractivity (Wildman–Crippen MR) is 58.0 cm³/mol. The molecular formula is C11H15ClFN. The number of nitrogens with two attached hydrogens (primary N) is 1.